The number of hydrogen-bond acceptors (Lipinski definition) is 2. The van der Waals surface area contributed by atoms with E-state index >= 15 is 0 Å². The molecule has 0 unspecified atom stereocenters. The molecule has 0 aliphatic rings. The van der Waals surface area contributed by atoms with Crippen LogP contribution in [-0.2, 0) is 0 Å². The predicted octanol–water partition coefficient (Wildman–Crippen LogP) is 2.65. The van der Waals surface area contributed by atoms with Crippen molar-refractivity contribution in [2.24, 2.45) is 0 Å². The number of aromatic nitrogens is 2. The average molecular weight is 274 g/mol. The fraction of sp³-hybridized carbons (Fsp3) is 0.111. The van der Waals surface area contributed by atoms with E-state index in [1.54, 1.807) is 12.1 Å². The molecule has 5 heteroatoms. The largest absolute Gasteiger partial charge is 0.321 e. The van der Waals surface area contributed by atoms with Crippen LogP contribution in [0.3, 0.4) is 0 Å². The van der Waals surface area contributed by atoms with Gasteiger partial charge in [0.25, 0.3) is 5.56 Å². The Bertz CT molecular complexity index is 564. The molecular weight excluding hydrogens is 267 g/mol. The van der Waals surface area contributed by atoms with Gasteiger partial charge in [-0.3, -0.25) is 4.79 Å². The molecule has 3 nitrogen and oxygen atoms in total. The number of nitrogens with zero attached hydrogens (tertiary/aromatic N) is 1. The van der Waals surface area contributed by atoms with Crippen molar-refractivity contribution >= 4 is 38.4 Å². The lowest BCUT2D eigenvalue weighted by Gasteiger charge is -2.02. The van der Waals surface area contributed by atoms with Crippen molar-refractivity contribution in [1.29, 1.82) is 0 Å². The molecule has 0 bridgehead atoms. The first-order valence-electron chi connectivity index (χ1n) is 3.93. The molecule has 0 saturated heterocycles. The number of halogens is 2. The molecule has 14 heavy (non-hydrogen) atoms. The summed E-state index contributed by atoms with van der Waals surface area (Å²) in [7, 11) is 0. The minimum Gasteiger partial charge on any atom is -0.321 e. The molecule has 0 aromatic carbocycles. The number of aryl methyl sites for hydroxylation is 1. The quantitative estimate of drug-likeness (QED) is 0.750. The fourth-order valence-corrected chi connectivity index (χ4v) is 1.87. The molecule has 0 fully saturated rings. The highest BCUT2D eigenvalue weighted by Crippen LogP contribution is 2.19. The number of hydrogen-bond donors (Lipinski definition) is 1. The Hall–Kier alpha value is -0.870. The molecule has 2 aromatic heterocycles. The summed E-state index contributed by atoms with van der Waals surface area (Å²) < 4.78 is 0.497. The second-order valence-electron chi connectivity index (χ2n) is 2.94. The summed E-state index contributed by atoms with van der Waals surface area (Å²) in [5, 5.41) is 1.27. The Kier molecular flexibility index (Phi) is 2.33. The third kappa shape index (κ3) is 1.55. The number of H-pyrrole nitrogens is 1. The Morgan fingerprint density at radius 3 is 2.93 bits per heavy atom. The van der Waals surface area contributed by atoms with Crippen LogP contribution in [0.4, 0.5) is 0 Å². The van der Waals surface area contributed by atoms with Crippen LogP contribution in [0.5, 0.6) is 0 Å². The van der Waals surface area contributed by atoms with E-state index < -0.39 is 0 Å². The molecule has 0 aliphatic heterocycles. The Morgan fingerprint density at radius 2 is 2.21 bits per heavy atom. The number of rotatable bonds is 0. The van der Waals surface area contributed by atoms with E-state index in [4.69, 9.17) is 11.6 Å². The van der Waals surface area contributed by atoms with Crippen LogP contribution in [-0.4, -0.2) is 9.97 Å². The van der Waals surface area contributed by atoms with Crippen LogP contribution in [0, 0.1) is 6.92 Å². The molecule has 0 spiro atoms. The molecule has 0 amide bonds. The van der Waals surface area contributed by atoms with Gasteiger partial charge < -0.3 is 4.98 Å². The first kappa shape index (κ1) is 9.68. The lowest BCUT2D eigenvalue weighted by Crippen LogP contribution is -2.06. The second-order valence-corrected chi connectivity index (χ2v) is 4.18. The molecule has 0 saturated carbocycles. The normalized spacial score (nSPS) is 10.8. The van der Waals surface area contributed by atoms with E-state index in [2.05, 4.69) is 25.9 Å². The highest BCUT2D eigenvalue weighted by Gasteiger charge is 2.04. The number of nitrogens with one attached hydrogen (secondary N) is 1. The Labute approximate surface area is 93.2 Å². The van der Waals surface area contributed by atoms with Gasteiger partial charge in [0.2, 0.25) is 0 Å². The third-order valence-electron chi connectivity index (χ3n) is 1.95. The number of aromatic amines is 1. The number of pyridine rings is 2. The van der Waals surface area contributed by atoms with Gasteiger partial charge >= 0.3 is 0 Å². The van der Waals surface area contributed by atoms with Crippen LogP contribution in [0.25, 0.3) is 10.9 Å². The van der Waals surface area contributed by atoms with Crippen LogP contribution >= 0.6 is 27.5 Å². The van der Waals surface area contributed by atoms with Crippen LogP contribution < -0.4 is 5.56 Å². The topological polar surface area (TPSA) is 45.8 Å². The summed E-state index contributed by atoms with van der Waals surface area (Å²) in [4.78, 5) is 18.1. The van der Waals surface area contributed by atoms with E-state index in [-0.39, 0.29) is 5.56 Å². The molecule has 2 heterocycles. The van der Waals surface area contributed by atoms with Crippen molar-refractivity contribution in [3.8, 4) is 0 Å². The van der Waals surface area contributed by atoms with Crippen LogP contribution in [0.15, 0.2) is 21.4 Å². The second kappa shape index (κ2) is 3.37. The SMILES string of the molecule is Cc1nc(Cl)cc2[nH]c(=O)c(Br)cc12. The minimum absolute atomic E-state index is 0.167. The van der Waals surface area contributed by atoms with Gasteiger partial charge in [-0.05, 0) is 35.0 Å². The van der Waals surface area contributed by atoms with E-state index in [0.717, 1.165) is 11.1 Å². The summed E-state index contributed by atoms with van der Waals surface area (Å²) in [5.74, 6) is 0. The van der Waals surface area contributed by atoms with E-state index in [1.807, 2.05) is 6.92 Å². The van der Waals surface area contributed by atoms with Gasteiger partial charge in [-0.2, -0.15) is 0 Å². The zero-order chi connectivity index (χ0) is 10.3. The van der Waals surface area contributed by atoms with Crippen molar-refractivity contribution in [2.45, 2.75) is 6.92 Å². The van der Waals surface area contributed by atoms with E-state index in [9.17, 15) is 4.79 Å². The molecule has 2 rings (SSSR count). The molecule has 2 aromatic rings. The maximum absolute atomic E-state index is 11.3. The van der Waals surface area contributed by atoms with Gasteiger partial charge in [0, 0.05) is 11.1 Å². The summed E-state index contributed by atoms with van der Waals surface area (Å²) >= 11 is 8.94. The first-order chi connectivity index (χ1) is 6.58. The Morgan fingerprint density at radius 1 is 1.50 bits per heavy atom. The summed E-state index contributed by atoms with van der Waals surface area (Å²) in [6.45, 7) is 1.85. The molecule has 1 N–H and O–H groups in total. The molecule has 0 radical (unpaired) electrons. The highest BCUT2D eigenvalue weighted by atomic mass is 79.9. The summed E-state index contributed by atoms with van der Waals surface area (Å²) in [5.41, 5.74) is 1.33. The number of fused-ring (bicyclic) bond motifs is 1. The Balaban J connectivity index is 2.96. The maximum atomic E-state index is 11.3. The lowest BCUT2D eigenvalue weighted by molar-refractivity contribution is 1.20. The zero-order valence-electron chi connectivity index (χ0n) is 7.27. The minimum atomic E-state index is -0.167. The fourth-order valence-electron chi connectivity index (χ4n) is 1.30. The van der Waals surface area contributed by atoms with E-state index in [1.165, 1.54) is 0 Å². The zero-order valence-corrected chi connectivity index (χ0v) is 9.61. The van der Waals surface area contributed by atoms with Gasteiger partial charge in [-0.1, -0.05) is 11.6 Å². The monoisotopic (exact) mass is 272 g/mol. The van der Waals surface area contributed by atoms with Gasteiger partial charge in [0.15, 0.2) is 0 Å². The van der Waals surface area contributed by atoms with Crippen molar-refractivity contribution in [3.05, 3.63) is 37.8 Å². The standard InChI is InChI=1S/C9H6BrClN2O/c1-4-5-2-6(10)9(14)13-7(5)3-8(11)12-4/h2-3H,1H3,(H,13,14). The highest BCUT2D eigenvalue weighted by molar-refractivity contribution is 9.10. The third-order valence-corrected chi connectivity index (χ3v) is 2.74. The lowest BCUT2D eigenvalue weighted by atomic mass is 10.2. The van der Waals surface area contributed by atoms with Crippen molar-refractivity contribution < 1.29 is 0 Å². The average Bonchev–Trinajstić information content (AvgIpc) is 2.08. The molecular formula is C9H6BrClN2O. The van der Waals surface area contributed by atoms with Gasteiger partial charge in [0.05, 0.1) is 9.99 Å². The smallest absolute Gasteiger partial charge is 0.262 e. The van der Waals surface area contributed by atoms with E-state index in [0.29, 0.717) is 15.1 Å². The van der Waals surface area contributed by atoms with Crippen molar-refractivity contribution in [3.63, 3.8) is 0 Å². The van der Waals surface area contributed by atoms with Crippen LogP contribution in [0.1, 0.15) is 5.69 Å². The summed E-state index contributed by atoms with van der Waals surface area (Å²) in [6.07, 6.45) is 0. The molecule has 0 aliphatic carbocycles. The first-order valence-corrected chi connectivity index (χ1v) is 5.10. The van der Waals surface area contributed by atoms with Crippen molar-refractivity contribution in [2.75, 3.05) is 0 Å². The molecule has 0 atom stereocenters. The summed E-state index contributed by atoms with van der Waals surface area (Å²) in [6, 6.07) is 3.38. The van der Waals surface area contributed by atoms with Gasteiger partial charge in [-0.25, -0.2) is 4.98 Å². The van der Waals surface area contributed by atoms with Gasteiger partial charge in [0.1, 0.15) is 5.15 Å². The molecule has 72 valence electrons. The van der Waals surface area contributed by atoms with Crippen LogP contribution in [0.2, 0.25) is 5.15 Å². The van der Waals surface area contributed by atoms with Crippen molar-refractivity contribution in [1.82, 2.24) is 9.97 Å². The predicted molar refractivity (Wildman–Crippen MR) is 59.8 cm³/mol. The van der Waals surface area contributed by atoms with Gasteiger partial charge in [-0.15, -0.1) is 0 Å². The maximum Gasteiger partial charge on any atom is 0.262 e.